The summed E-state index contributed by atoms with van der Waals surface area (Å²) in [5, 5.41) is 0. The fourth-order valence-corrected chi connectivity index (χ4v) is 12.5. The number of likely N-dealkylation sites (N-methyl/N-ethyl adjacent to an activating group) is 1. The minimum absolute atomic E-state index is 0.0370. The Morgan fingerprint density at radius 2 is 0.600 bits per heavy atom. The van der Waals surface area contributed by atoms with E-state index in [1.54, 1.807) is 0 Å². The van der Waals surface area contributed by atoms with E-state index < -0.39 is 26.5 Å². The first-order valence-electron chi connectivity index (χ1n) is 37.9. The number of rotatable bonds is 72. The summed E-state index contributed by atoms with van der Waals surface area (Å²) >= 11 is 0. The van der Waals surface area contributed by atoms with Crippen molar-refractivity contribution in [1.29, 1.82) is 0 Å². The molecule has 0 saturated heterocycles. The Balaban J connectivity index is 3.92. The normalized spacial score (nSPS) is 13.1. The van der Waals surface area contributed by atoms with Crippen LogP contribution in [0.1, 0.15) is 406 Å². The molecule has 10 heteroatoms. The number of nitrogens with zero attached hydrogens (tertiary/aromatic N) is 1. The summed E-state index contributed by atoms with van der Waals surface area (Å²) in [6.45, 7) is 4.53. The molecule has 0 aliphatic rings. The van der Waals surface area contributed by atoms with Crippen LogP contribution in [0.4, 0.5) is 0 Å². The fraction of sp³-hybridized carbons (Fsp3) is 0.947. The van der Waals surface area contributed by atoms with Crippen molar-refractivity contribution in [3.05, 3.63) is 12.2 Å². The number of ether oxygens (including phenoxy) is 2. The first kappa shape index (κ1) is 83.8. The Bertz CT molecular complexity index is 1440. The van der Waals surface area contributed by atoms with Gasteiger partial charge in [0.2, 0.25) is 0 Å². The van der Waals surface area contributed by atoms with Crippen LogP contribution in [0.5, 0.6) is 0 Å². The largest absolute Gasteiger partial charge is 0.472 e. The lowest BCUT2D eigenvalue weighted by Gasteiger charge is -2.24. The Labute approximate surface area is 530 Å². The molecule has 0 aromatic rings. The molecule has 0 aliphatic heterocycles. The number of phosphoric acid groups is 1. The molecule has 2 unspecified atom stereocenters. The van der Waals surface area contributed by atoms with Crippen LogP contribution in [0.25, 0.3) is 0 Å². The highest BCUT2D eigenvalue weighted by molar-refractivity contribution is 7.47. The quantitative estimate of drug-likeness (QED) is 0.0211. The van der Waals surface area contributed by atoms with Gasteiger partial charge in [-0.05, 0) is 38.5 Å². The summed E-state index contributed by atoms with van der Waals surface area (Å²) in [5.41, 5.74) is 0. The molecule has 0 rings (SSSR count). The van der Waals surface area contributed by atoms with Gasteiger partial charge in [-0.3, -0.25) is 18.6 Å². The van der Waals surface area contributed by atoms with Gasteiger partial charge in [0.1, 0.15) is 19.8 Å². The molecule has 0 aromatic heterocycles. The average Bonchev–Trinajstić information content (AvgIpc) is 3.51. The molecule has 2 atom stereocenters. The zero-order chi connectivity index (χ0) is 61.9. The number of carbonyl (C=O) groups excluding carboxylic acids is 2. The molecule has 506 valence electrons. The maximum atomic E-state index is 12.9. The highest BCUT2D eigenvalue weighted by Gasteiger charge is 2.27. The Hall–Kier alpha value is -1.25. The molecule has 0 heterocycles. The van der Waals surface area contributed by atoms with Gasteiger partial charge in [0.15, 0.2) is 6.10 Å². The lowest BCUT2D eigenvalue weighted by molar-refractivity contribution is -0.870. The van der Waals surface area contributed by atoms with Crippen LogP contribution < -0.4 is 0 Å². The standard InChI is InChI=1S/C75H148NO8P/c1-6-8-10-12-14-16-18-20-22-24-26-28-30-32-34-35-36-37-38-39-40-41-42-44-46-48-50-52-54-56-58-60-62-64-66-68-75(78)84-73(72-83-85(79,80)82-70-69-76(3,4)5)71-81-74(77)67-65-63-61-59-57-55-53-51-49-47-45-43-33-31-29-27-25-23-21-19-17-15-13-11-9-7-2/h24,26,73H,6-23,25,27-72H2,1-5H3/p+1/b26-24-. The smallest absolute Gasteiger partial charge is 0.462 e. The zero-order valence-electron chi connectivity index (χ0n) is 57.9. The van der Waals surface area contributed by atoms with E-state index in [0.717, 1.165) is 38.5 Å². The molecule has 85 heavy (non-hydrogen) atoms. The summed E-state index contributed by atoms with van der Waals surface area (Å²) in [6.07, 6.45) is 83.5. The van der Waals surface area contributed by atoms with Crippen LogP contribution in [0.15, 0.2) is 12.2 Å². The molecule has 9 nitrogen and oxygen atoms in total. The third-order valence-electron chi connectivity index (χ3n) is 17.5. The molecule has 0 spiro atoms. The second-order valence-corrected chi connectivity index (χ2v) is 28.9. The summed E-state index contributed by atoms with van der Waals surface area (Å²) in [7, 11) is 1.51. The van der Waals surface area contributed by atoms with Gasteiger partial charge in [-0.15, -0.1) is 0 Å². The van der Waals surface area contributed by atoms with Gasteiger partial charge in [-0.25, -0.2) is 4.57 Å². The van der Waals surface area contributed by atoms with Crippen molar-refractivity contribution in [2.75, 3.05) is 47.5 Å². The van der Waals surface area contributed by atoms with E-state index in [1.807, 2.05) is 21.1 Å². The van der Waals surface area contributed by atoms with Crippen molar-refractivity contribution in [3.8, 4) is 0 Å². The van der Waals surface area contributed by atoms with Gasteiger partial charge in [0.05, 0.1) is 27.7 Å². The van der Waals surface area contributed by atoms with E-state index in [-0.39, 0.29) is 25.6 Å². The van der Waals surface area contributed by atoms with Gasteiger partial charge in [-0.2, -0.15) is 0 Å². The summed E-state index contributed by atoms with van der Waals surface area (Å²) in [6, 6.07) is 0. The van der Waals surface area contributed by atoms with E-state index in [1.165, 1.54) is 340 Å². The fourth-order valence-electron chi connectivity index (χ4n) is 11.7. The number of quaternary nitrogens is 1. The van der Waals surface area contributed by atoms with Crippen molar-refractivity contribution >= 4 is 19.8 Å². The van der Waals surface area contributed by atoms with Crippen LogP contribution in [0.3, 0.4) is 0 Å². The number of hydrogen-bond donors (Lipinski definition) is 1. The van der Waals surface area contributed by atoms with Crippen LogP contribution in [-0.2, 0) is 32.7 Å². The van der Waals surface area contributed by atoms with Crippen molar-refractivity contribution < 1.29 is 42.1 Å². The van der Waals surface area contributed by atoms with E-state index in [0.29, 0.717) is 17.4 Å². The Morgan fingerprint density at radius 1 is 0.353 bits per heavy atom. The first-order valence-corrected chi connectivity index (χ1v) is 39.4. The summed E-state index contributed by atoms with van der Waals surface area (Å²) in [5.74, 6) is -0.768. The second kappa shape index (κ2) is 67.2. The molecule has 0 fully saturated rings. The molecule has 0 amide bonds. The van der Waals surface area contributed by atoms with Crippen LogP contribution in [-0.4, -0.2) is 74.9 Å². The molecule has 1 N–H and O–H groups in total. The van der Waals surface area contributed by atoms with Gasteiger partial charge in [0, 0.05) is 12.8 Å². The lowest BCUT2D eigenvalue weighted by Crippen LogP contribution is -2.37. The third-order valence-corrected chi connectivity index (χ3v) is 18.5. The predicted molar refractivity (Wildman–Crippen MR) is 368 cm³/mol. The summed E-state index contributed by atoms with van der Waals surface area (Å²) in [4.78, 5) is 35.9. The minimum Gasteiger partial charge on any atom is -0.462 e. The van der Waals surface area contributed by atoms with E-state index in [9.17, 15) is 19.0 Å². The van der Waals surface area contributed by atoms with Gasteiger partial charge in [0.25, 0.3) is 0 Å². The molecular formula is C75H149NO8P+. The van der Waals surface area contributed by atoms with Crippen molar-refractivity contribution in [2.24, 2.45) is 0 Å². The topological polar surface area (TPSA) is 108 Å². The zero-order valence-corrected chi connectivity index (χ0v) is 58.8. The Kier molecular flexibility index (Phi) is 66.2. The highest BCUT2D eigenvalue weighted by Crippen LogP contribution is 2.43. The van der Waals surface area contributed by atoms with Crippen molar-refractivity contribution in [1.82, 2.24) is 0 Å². The Morgan fingerprint density at radius 3 is 0.871 bits per heavy atom. The molecular weight excluding hydrogens is 1070 g/mol. The van der Waals surface area contributed by atoms with Gasteiger partial charge in [-0.1, -0.05) is 366 Å². The van der Waals surface area contributed by atoms with Crippen LogP contribution in [0.2, 0.25) is 0 Å². The number of allylic oxidation sites excluding steroid dienone is 2. The molecule has 0 radical (unpaired) electrons. The van der Waals surface area contributed by atoms with Crippen molar-refractivity contribution in [2.45, 2.75) is 412 Å². The number of hydrogen-bond acceptors (Lipinski definition) is 7. The number of esters is 2. The monoisotopic (exact) mass is 1220 g/mol. The lowest BCUT2D eigenvalue weighted by atomic mass is 10.0. The van der Waals surface area contributed by atoms with Gasteiger partial charge >= 0.3 is 19.8 Å². The number of phosphoric ester groups is 1. The van der Waals surface area contributed by atoms with E-state index >= 15 is 0 Å². The van der Waals surface area contributed by atoms with E-state index in [4.69, 9.17) is 18.5 Å². The molecule has 0 aliphatic carbocycles. The first-order chi connectivity index (χ1) is 41.5. The highest BCUT2D eigenvalue weighted by atomic mass is 31.2. The van der Waals surface area contributed by atoms with Crippen molar-refractivity contribution in [3.63, 3.8) is 0 Å². The number of unbranched alkanes of at least 4 members (excludes halogenated alkanes) is 56. The van der Waals surface area contributed by atoms with Gasteiger partial charge < -0.3 is 18.9 Å². The number of carbonyl (C=O) groups is 2. The third kappa shape index (κ3) is 71.7. The second-order valence-electron chi connectivity index (χ2n) is 27.4. The van der Waals surface area contributed by atoms with Crippen LogP contribution in [0, 0.1) is 0 Å². The minimum atomic E-state index is -4.39. The SMILES string of the molecule is CCCCCCCCCC/C=C\CCCCCCCCCCCCCCCCCCCCCCCCCC(=O)OC(COC(=O)CCCCCCCCCCCCCCCCCCCCCCCCCCCC)COP(=O)(O)OCC[N+](C)(C)C. The maximum absolute atomic E-state index is 12.9. The molecule has 0 saturated carbocycles. The predicted octanol–water partition coefficient (Wildman–Crippen LogP) is 24.7. The molecule has 0 bridgehead atoms. The molecule has 0 aromatic carbocycles. The average molecular weight is 1220 g/mol. The maximum Gasteiger partial charge on any atom is 0.472 e. The van der Waals surface area contributed by atoms with E-state index in [2.05, 4.69) is 26.0 Å². The van der Waals surface area contributed by atoms with Crippen LogP contribution >= 0.6 is 7.82 Å². The summed E-state index contributed by atoms with van der Waals surface area (Å²) < 4.78 is 34.8.